The zero-order valence-corrected chi connectivity index (χ0v) is 17.8. The van der Waals surface area contributed by atoms with Crippen LogP contribution in [0, 0.1) is 5.82 Å². The molecule has 1 amide bonds. The number of halogens is 2. The molecule has 0 saturated carbocycles. The maximum Gasteiger partial charge on any atom is 0.412 e. The van der Waals surface area contributed by atoms with Crippen molar-refractivity contribution in [2.45, 2.75) is 18.8 Å². The smallest absolute Gasteiger partial charge is 0.412 e. The van der Waals surface area contributed by atoms with Crippen LogP contribution in [0.1, 0.15) is 24.7 Å². The van der Waals surface area contributed by atoms with Crippen LogP contribution in [0.15, 0.2) is 47.5 Å². The Balaban J connectivity index is 1.87. The number of aromatic nitrogens is 3. The number of ether oxygens (including phenoxy) is 1. The van der Waals surface area contributed by atoms with Crippen LogP contribution in [0.3, 0.4) is 0 Å². The fourth-order valence-electron chi connectivity index (χ4n) is 3.59. The fraction of sp³-hybridized carbons (Fsp3) is 0.273. The first-order valence-corrected chi connectivity index (χ1v) is 10.3. The molecule has 8 nitrogen and oxygen atoms in total. The van der Waals surface area contributed by atoms with Gasteiger partial charge in [-0.15, -0.1) is 6.58 Å². The van der Waals surface area contributed by atoms with E-state index in [0.29, 0.717) is 24.8 Å². The highest BCUT2D eigenvalue weighted by atomic mass is 35.5. The number of rotatable bonds is 6. The summed E-state index contributed by atoms with van der Waals surface area (Å²) in [6, 6.07) is 6.06. The Bertz CT molecular complexity index is 1150. The van der Waals surface area contributed by atoms with E-state index >= 15 is 4.39 Å². The van der Waals surface area contributed by atoms with Crippen LogP contribution in [0.25, 0.3) is 22.7 Å². The number of carbonyl (C=O) groups is 1. The minimum absolute atomic E-state index is 0.00900. The molecule has 0 unspecified atom stereocenters. The number of benzene rings is 1. The molecule has 1 aliphatic rings. The van der Waals surface area contributed by atoms with Gasteiger partial charge in [-0.1, -0.05) is 12.1 Å². The van der Waals surface area contributed by atoms with E-state index in [0.717, 1.165) is 17.7 Å². The number of hydrogen-bond acceptors (Lipinski definition) is 6. The molecule has 0 aliphatic carbocycles. The van der Waals surface area contributed by atoms with Gasteiger partial charge in [-0.05, 0) is 42.6 Å². The Kier molecular flexibility index (Phi) is 6.48. The summed E-state index contributed by atoms with van der Waals surface area (Å²) >= 11 is 5.96. The molecular formula is C22H20ClFN4O4. The molecule has 3 aromatic rings. The predicted octanol–water partition coefficient (Wildman–Crippen LogP) is 5.16. The first-order valence-electron chi connectivity index (χ1n) is 9.97. The Labute approximate surface area is 188 Å². The molecule has 3 heterocycles. The summed E-state index contributed by atoms with van der Waals surface area (Å²) < 4.78 is 27.1. The second-order valence-electron chi connectivity index (χ2n) is 7.15. The van der Waals surface area contributed by atoms with Crippen molar-refractivity contribution in [3.05, 3.63) is 60.1 Å². The van der Waals surface area contributed by atoms with Crippen LogP contribution in [0.5, 0.6) is 0 Å². The molecule has 0 spiro atoms. The van der Waals surface area contributed by atoms with Crippen LogP contribution in [-0.2, 0) is 4.74 Å². The second-order valence-corrected chi connectivity index (χ2v) is 7.49. The van der Waals surface area contributed by atoms with Crippen LogP contribution in [0.4, 0.5) is 14.9 Å². The predicted molar refractivity (Wildman–Crippen MR) is 116 cm³/mol. The van der Waals surface area contributed by atoms with Crippen LogP contribution in [0.2, 0.25) is 5.28 Å². The van der Waals surface area contributed by atoms with Gasteiger partial charge in [-0.2, -0.15) is 0 Å². The highest BCUT2D eigenvalue weighted by Gasteiger charge is 2.28. The van der Waals surface area contributed by atoms with E-state index in [9.17, 15) is 9.90 Å². The number of nitrogens with zero attached hydrogens (tertiary/aromatic N) is 4. The third-order valence-electron chi connectivity index (χ3n) is 5.14. The normalized spacial score (nSPS) is 14.3. The van der Waals surface area contributed by atoms with Gasteiger partial charge in [0.15, 0.2) is 17.5 Å². The van der Waals surface area contributed by atoms with Crippen molar-refractivity contribution in [2.75, 3.05) is 24.7 Å². The van der Waals surface area contributed by atoms with Crippen molar-refractivity contribution in [3.8, 4) is 22.7 Å². The maximum atomic E-state index is 15.6. The number of hydrogen-bond donors (Lipinski definition) is 1. The summed E-state index contributed by atoms with van der Waals surface area (Å²) in [5, 5.41) is 9.52. The van der Waals surface area contributed by atoms with Crippen LogP contribution >= 0.6 is 11.6 Å². The molecule has 0 bridgehead atoms. The fourth-order valence-corrected chi connectivity index (χ4v) is 3.74. The lowest BCUT2D eigenvalue weighted by Crippen LogP contribution is -2.30. The molecule has 1 aromatic carbocycles. The lowest BCUT2D eigenvalue weighted by Gasteiger charge is -2.19. The zero-order valence-electron chi connectivity index (χ0n) is 17.0. The molecule has 0 atom stereocenters. The summed E-state index contributed by atoms with van der Waals surface area (Å²) in [5.74, 6) is -0.0578. The topological polar surface area (TPSA) is 102 Å². The number of anilines is 1. The Hall–Kier alpha value is -3.30. The molecule has 1 N–H and O–H groups in total. The molecule has 2 aromatic heterocycles. The third kappa shape index (κ3) is 4.35. The van der Waals surface area contributed by atoms with E-state index in [1.54, 1.807) is 12.1 Å². The van der Waals surface area contributed by atoms with E-state index in [-0.39, 0.29) is 40.5 Å². The SMILES string of the molecule is C=CCN(C(=O)O)c1cccc(-c2nc(C3CCOCC3)oc2-c2ccnc(Cl)n2)c1F. The van der Waals surface area contributed by atoms with Crippen molar-refractivity contribution in [1.29, 1.82) is 0 Å². The average molecular weight is 459 g/mol. The summed E-state index contributed by atoms with van der Waals surface area (Å²) in [4.78, 5) is 25.2. The summed E-state index contributed by atoms with van der Waals surface area (Å²) in [6.07, 6.45) is 2.99. The maximum absolute atomic E-state index is 15.6. The van der Waals surface area contributed by atoms with E-state index in [1.807, 2.05) is 0 Å². The molecule has 1 fully saturated rings. The first-order chi connectivity index (χ1) is 15.5. The monoisotopic (exact) mass is 458 g/mol. The minimum Gasteiger partial charge on any atom is -0.465 e. The van der Waals surface area contributed by atoms with Crippen molar-refractivity contribution >= 4 is 23.4 Å². The molecule has 32 heavy (non-hydrogen) atoms. The molecule has 1 aliphatic heterocycles. The van der Waals surface area contributed by atoms with Gasteiger partial charge in [0, 0.05) is 37.4 Å². The summed E-state index contributed by atoms with van der Waals surface area (Å²) in [5.41, 5.74) is 0.531. The highest BCUT2D eigenvalue weighted by Crippen LogP contribution is 2.39. The van der Waals surface area contributed by atoms with Gasteiger partial charge in [0.1, 0.15) is 11.4 Å². The molecule has 0 radical (unpaired) electrons. The second kappa shape index (κ2) is 9.46. The molecule has 4 rings (SSSR count). The van der Waals surface area contributed by atoms with Gasteiger partial charge >= 0.3 is 6.09 Å². The molecular weight excluding hydrogens is 439 g/mol. The van der Waals surface area contributed by atoms with Gasteiger partial charge in [-0.3, -0.25) is 4.90 Å². The quantitative estimate of drug-likeness (QED) is 0.402. The number of oxazole rings is 1. The van der Waals surface area contributed by atoms with Crippen LogP contribution in [-0.4, -0.2) is 45.9 Å². The van der Waals surface area contributed by atoms with Gasteiger partial charge in [0.05, 0.1) is 5.69 Å². The van der Waals surface area contributed by atoms with Gasteiger partial charge in [-0.25, -0.2) is 24.1 Å². The van der Waals surface area contributed by atoms with E-state index in [1.165, 1.54) is 24.4 Å². The number of amides is 1. The van der Waals surface area contributed by atoms with Gasteiger partial charge in [0.2, 0.25) is 5.28 Å². The minimum atomic E-state index is -1.30. The van der Waals surface area contributed by atoms with E-state index < -0.39 is 11.9 Å². The third-order valence-corrected chi connectivity index (χ3v) is 5.32. The van der Waals surface area contributed by atoms with Gasteiger partial charge in [0.25, 0.3) is 0 Å². The van der Waals surface area contributed by atoms with E-state index in [4.69, 9.17) is 20.8 Å². The zero-order chi connectivity index (χ0) is 22.7. The van der Waals surface area contributed by atoms with Crippen molar-refractivity contribution in [3.63, 3.8) is 0 Å². The Morgan fingerprint density at radius 1 is 1.31 bits per heavy atom. The van der Waals surface area contributed by atoms with Crippen molar-refractivity contribution in [2.24, 2.45) is 0 Å². The summed E-state index contributed by atoms with van der Waals surface area (Å²) in [7, 11) is 0. The standard InChI is InChI=1S/C22H20ClFN4O4/c1-2-10-28(22(29)30)16-5-3-4-14(17(16)24)18-19(15-6-9-25-21(23)26-15)32-20(27-18)13-7-11-31-12-8-13/h2-6,9,13H,1,7-8,10-12H2,(H,29,30). The molecule has 166 valence electrons. The average Bonchev–Trinajstić information content (AvgIpc) is 3.24. The van der Waals surface area contributed by atoms with Crippen LogP contribution < -0.4 is 4.90 Å². The Morgan fingerprint density at radius 2 is 2.09 bits per heavy atom. The van der Waals surface area contributed by atoms with Gasteiger partial charge < -0.3 is 14.3 Å². The molecule has 10 heteroatoms. The lowest BCUT2D eigenvalue weighted by atomic mass is 10.0. The lowest BCUT2D eigenvalue weighted by molar-refractivity contribution is 0.0796. The molecule has 1 saturated heterocycles. The highest BCUT2D eigenvalue weighted by molar-refractivity contribution is 6.28. The summed E-state index contributed by atoms with van der Waals surface area (Å²) in [6.45, 7) is 4.63. The Morgan fingerprint density at radius 3 is 2.78 bits per heavy atom. The first kappa shape index (κ1) is 21.9. The number of carboxylic acid groups (broad SMARTS) is 1. The van der Waals surface area contributed by atoms with E-state index in [2.05, 4.69) is 21.5 Å². The van der Waals surface area contributed by atoms with Crippen molar-refractivity contribution in [1.82, 2.24) is 15.0 Å². The van der Waals surface area contributed by atoms with Crippen molar-refractivity contribution < 1.29 is 23.4 Å². The largest absolute Gasteiger partial charge is 0.465 e.